The largest absolute Gasteiger partial charge is 0.478 e. The van der Waals surface area contributed by atoms with Gasteiger partial charge in [-0.1, -0.05) is 41.9 Å². The van der Waals surface area contributed by atoms with Crippen molar-refractivity contribution in [3.05, 3.63) is 88.1 Å². The van der Waals surface area contributed by atoms with E-state index in [0.29, 0.717) is 12.0 Å². The highest BCUT2D eigenvalue weighted by molar-refractivity contribution is 6.31. The van der Waals surface area contributed by atoms with Crippen LogP contribution in [-0.2, 0) is 13.0 Å². The summed E-state index contributed by atoms with van der Waals surface area (Å²) in [5.74, 6) is 0.638. The average molecular weight is 397 g/mol. The van der Waals surface area contributed by atoms with E-state index in [0.717, 1.165) is 53.7 Å². The maximum atomic E-state index is 11.0. The van der Waals surface area contributed by atoms with Crippen LogP contribution in [-0.4, -0.2) is 27.5 Å². The lowest BCUT2D eigenvalue weighted by molar-refractivity contribution is 0.0697. The topological polar surface area (TPSA) is 66.6 Å². The molecule has 1 saturated heterocycles. The van der Waals surface area contributed by atoms with Crippen LogP contribution in [0.1, 0.15) is 52.0 Å². The number of likely N-dealkylation sites (tertiary alicyclic amines) is 1. The molecule has 0 radical (unpaired) electrons. The number of hydrogen-bond acceptors (Lipinski definition) is 4. The van der Waals surface area contributed by atoms with Crippen LogP contribution in [0.3, 0.4) is 0 Å². The summed E-state index contributed by atoms with van der Waals surface area (Å²) in [6.07, 6.45) is 4.49. The Morgan fingerprint density at radius 1 is 1.21 bits per heavy atom. The number of carbonyl (C=O) groups is 1. The molecule has 1 N–H and O–H groups in total. The molecule has 0 unspecified atom stereocenters. The summed E-state index contributed by atoms with van der Waals surface area (Å²) < 4.78 is 6.06. The first kappa shape index (κ1) is 18.7. The summed E-state index contributed by atoms with van der Waals surface area (Å²) in [7, 11) is 0. The Bertz CT molecular complexity index is 968. The van der Waals surface area contributed by atoms with E-state index in [1.54, 1.807) is 18.3 Å². The average Bonchev–Trinajstić information content (AvgIpc) is 3.33. The Balaban J connectivity index is 1.45. The van der Waals surface area contributed by atoms with Crippen LogP contribution >= 0.6 is 11.6 Å². The smallest absolute Gasteiger partial charge is 0.335 e. The molecule has 0 bridgehead atoms. The van der Waals surface area contributed by atoms with Crippen molar-refractivity contribution in [2.24, 2.45) is 0 Å². The van der Waals surface area contributed by atoms with Crippen molar-refractivity contribution < 1.29 is 14.3 Å². The third-order valence-corrected chi connectivity index (χ3v) is 5.50. The van der Waals surface area contributed by atoms with Gasteiger partial charge in [0, 0.05) is 18.0 Å². The quantitative estimate of drug-likeness (QED) is 0.638. The van der Waals surface area contributed by atoms with Crippen molar-refractivity contribution in [2.45, 2.75) is 31.8 Å². The van der Waals surface area contributed by atoms with Gasteiger partial charge in [-0.3, -0.25) is 4.90 Å². The summed E-state index contributed by atoms with van der Waals surface area (Å²) in [4.78, 5) is 17.9. The maximum Gasteiger partial charge on any atom is 0.335 e. The number of carboxylic acids is 1. The number of aromatic carboxylic acids is 1. The van der Waals surface area contributed by atoms with Crippen molar-refractivity contribution >= 4 is 17.6 Å². The van der Waals surface area contributed by atoms with Crippen molar-refractivity contribution in [2.75, 3.05) is 6.54 Å². The van der Waals surface area contributed by atoms with Crippen LogP contribution < -0.4 is 0 Å². The fraction of sp³-hybridized carbons (Fsp3) is 0.273. The van der Waals surface area contributed by atoms with Crippen molar-refractivity contribution in [1.82, 2.24) is 9.88 Å². The predicted molar refractivity (Wildman–Crippen MR) is 107 cm³/mol. The highest BCUT2D eigenvalue weighted by Gasteiger charge is 2.29. The van der Waals surface area contributed by atoms with Crippen molar-refractivity contribution in [3.8, 4) is 0 Å². The Labute approximate surface area is 168 Å². The second-order valence-electron chi connectivity index (χ2n) is 7.06. The molecule has 3 aromatic rings. The fourth-order valence-corrected chi connectivity index (χ4v) is 3.87. The van der Waals surface area contributed by atoms with Crippen LogP contribution in [0.4, 0.5) is 0 Å². The Morgan fingerprint density at radius 3 is 2.75 bits per heavy atom. The monoisotopic (exact) mass is 396 g/mol. The van der Waals surface area contributed by atoms with E-state index in [2.05, 4.69) is 9.88 Å². The van der Waals surface area contributed by atoms with Crippen LogP contribution in [0.2, 0.25) is 5.02 Å². The lowest BCUT2D eigenvalue weighted by atomic mass is 10.1. The number of benzene rings is 2. The van der Waals surface area contributed by atoms with Crippen LogP contribution in [0, 0.1) is 0 Å². The molecule has 0 spiro atoms. The van der Waals surface area contributed by atoms with E-state index in [9.17, 15) is 4.79 Å². The summed E-state index contributed by atoms with van der Waals surface area (Å²) in [6, 6.07) is 14.9. The van der Waals surface area contributed by atoms with Gasteiger partial charge in [0.05, 0.1) is 17.8 Å². The van der Waals surface area contributed by atoms with Gasteiger partial charge in [-0.2, -0.15) is 0 Å². The lowest BCUT2D eigenvalue weighted by Crippen LogP contribution is -2.23. The SMILES string of the molecule is O=C(O)c1ccc(CN2CCC[C@@H]2c2ncc(Cc3ccccc3Cl)o2)cc1. The van der Waals surface area contributed by atoms with Gasteiger partial charge in [0.1, 0.15) is 5.76 Å². The zero-order valence-corrected chi connectivity index (χ0v) is 16.1. The molecule has 1 atom stereocenters. The first-order valence-electron chi connectivity index (χ1n) is 9.34. The van der Waals surface area contributed by atoms with E-state index in [1.807, 2.05) is 36.4 Å². The molecular weight excluding hydrogens is 376 g/mol. The second kappa shape index (κ2) is 8.17. The molecule has 2 aromatic carbocycles. The zero-order valence-electron chi connectivity index (χ0n) is 15.3. The highest BCUT2D eigenvalue weighted by atomic mass is 35.5. The molecule has 4 rings (SSSR count). The molecule has 0 aliphatic carbocycles. The zero-order chi connectivity index (χ0) is 19.5. The van der Waals surface area contributed by atoms with Gasteiger partial charge < -0.3 is 9.52 Å². The van der Waals surface area contributed by atoms with Crippen LogP contribution in [0.15, 0.2) is 59.1 Å². The molecule has 6 heteroatoms. The minimum atomic E-state index is -0.906. The number of nitrogens with zero attached hydrogens (tertiary/aromatic N) is 2. The van der Waals surface area contributed by atoms with Crippen LogP contribution in [0.25, 0.3) is 0 Å². The first-order chi connectivity index (χ1) is 13.6. The molecule has 1 aliphatic rings. The van der Waals surface area contributed by atoms with E-state index in [-0.39, 0.29) is 6.04 Å². The number of carboxylic acid groups (broad SMARTS) is 1. The van der Waals surface area contributed by atoms with Crippen LogP contribution in [0.5, 0.6) is 0 Å². The Kier molecular flexibility index (Phi) is 5.46. The third-order valence-electron chi connectivity index (χ3n) is 5.13. The van der Waals surface area contributed by atoms with E-state index >= 15 is 0 Å². The number of oxazole rings is 1. The van der Waals surface area contributed by atoms with Gasteiger partial charge >= 0.3 is 5.97 Å². The summed E-state index contributed by atoms with van der Waals surface area (Å²) in [5, 5.41) is 9.77. The van der Waals surface area contributed by atoms with E-state index in [4.69, 9.17) is 21.1 Å². The predicted octanol–water partition coefficient (Wildman–Crippen LogP) is 4.95. The maximum absolute atomic E-state index is 11.0. The molecule has 1 fully saturated rings. The van der Waals surface area contributed by atoms with E-state index < -0.39 is 5.97 Å². The summed E-state index contributed by atoms with van der Waals surface area (Å²) >= 11 is 6.25. The number of halogens is 1. The van der Waals surface area contributed by atoms with Crippen molar-refractivity contribution in [3.63, 3.8) is 0 Å². The first-order valence-corrected chi connectivity index (χ1v) is 9.72. The Morgan fingerprint density at radius 2 is 2.00 bits per heavy atom. The molecule has 0 saturated carbocycles. The third kappa shape index (κ3) is 4.11. The molecule has 2 heterocycles. The summed E-state index contributed by atoms with van der Waals surface area (Å²) in [6.45, 7) is 1.71. The van der Waals surface area contributed by atoms with E-state index in [1.165, 1.54) is 0 Å². The van der Waals surface area contributed by atoms with Gasteiger partial charge in [0.2, 0.25) is 5.89 Å². The lowest BCUT2D eigenvalue weighted by Gasteiger charge is -2.22. The molecule has 5 nitrogen and oxygen atoms in total. The van der Waals surface area contributed by atoms with Gasteiger partial charge in [0.25, 0.3) is 0 Å². The fourth-order valence-electron chi connectivity index (χ4n) is 3.67. The Hall–Kier alpha value is -2.63. The normalized spacial score (nSPS) is 17.1. The standard InChI is InChI=1S/C22H21ClN2O3/c23-19-5-2-1-4-17(19)12-18-13-24-21(28-18)20-6-3-11-25(20)14-15-7-9-16(10-8-15)22(26)27/h1-2,4-5,7-10,13,20H,3,6,11-12,14H2,(H,26,27)/t20-/m1/s1. The highest BCUT2D eigenvalue weighted by Crippen LogP contribution is 2.33. The number of rotatable bonds is 6. The van der Waals surface area contributed by atoms with Gasteiger partial charge in [-0.15, -0.1) is 0 Å². The molecule has 1 aromatic heterocycles. The minimum absolute atomic E-state index is 0.138. The van der Waals surface area contributed by atoms with Crippen molar-refractivity contribution in [1.29, 1.82) is 0 Å². The molecule has 0 amide bonds. The molecule has 28 heavy (non-hydrogen) atoms. The minimum Gasteiger partial charge on any atom is -0.478 e. The molecule has 144 valence electrons. The number of hydrogen-bond donors (Lipinski definition) is 1. The molecular formula is C22H21ClN2O3. The molecule has 1 aliphatic heterocycles. The second-order valence-corrected chi connectivity index (χ2v) is 7.47. The number of aromatic nitrogens is 1. The van der Waals surface area contributed by atoms with Gasteiger partial charge in [0.15, 0.2) is 0 Å². The van der Waals surface area contributed by atoms with Gasteiger partial charge in [-0.05, 0) is 48.7 Å². The van der Waals surface area contributed by atoms with Gasteiger partial charge in [-0.25, -0.2) is 9.78 Å². The summed E-state index contributed by atoms with van der Waals surface area (Å²) in [5.41, 5.74) is 2.41.